The third-order valence-corrected chi connectivity index (χ3v) is 4.08. The molecule has 0 aliphatic carbocycles. The summed E-state index contributed by atoms with van der Waals surface area (Å²) in [6, 6.07) is 0. The average molecular weight is 242 g/mol. The Morgan fingerprint density at radius 2 is 2.12 bits per heavy atom. The lowest BCUT2D eigenvalue weighted by atomic mass is 10.1. The number of aliphatic hydroxyl groups excluding tert-OH is 1. The van der Waals surface area contributed by atoms with Crippen LogP contribution in [0.1, 0.15) is 44.3 Å². The van der Waals surface area contributed by atoms with Gasteiger partial charge in [0.05, 0.1) is 17.3 Å². The summed E-state index contributed by atoms with van der Waals surface area (Å²) in [5.41, 5.74) is 0.902. The van der Waals surface area contributed by atoms with Crippen molar-refractivity contribution in [1.82, 2.24) is 9.88 Å². The van der Waals surface area contributed by atoms with Crippen molar-refractivity contribution in [2.75, 3.05) is 13.7 Å². The van der Waals surface area contributed by atoms with Gasteiger partial charge in [0.1, 0.15) is 0 Å². The second kappa shape index (κ2) is 5.25. The number of nitrogens with zero attached hydrogens (tertiary/aromatic N) is 2. The Bertz CT molecular complexity index is 334. The molecular formula is C12H22N2OS. The number of rotatable bonds is 5. The fraction of sp³-hybridized carbons (Fsp3) is 0.750. The van der Waals surface area contributed by atoms with Gasteiger partial charge >= 0.3 is 0 Å². The highest BCUT2D eigenvalue weighted by atomic mass is 32.1. The lowest BCUT2D eigenvalue weighted by Gasteiger charge is -2.33. The summed E-state index contributed by atoms with van der Waals surface area (Å²) < 4.78 is 0. The van der Waals surface area contributed by atoms with Gasteiger partial charge in [0.2, 0.25) is 0 Å². The first-order valence-corrected chi connectivity index (χ1v) is 6.51. The Morgan fingerprint density at radius 3 is 2.56 bits per heavy atom. The van der Waals surface area contributed by atoms with Crippen LogP contribution in [0, 0.1) is 0 Å². The molecule has 0 saturated heterocycles. The highest BCUT2D eigenvalue weighted by molar-refractivity contribution is 7.09. The first-order chi connectivity index (χ1) is 7.36. The molecule has 16 heavy (non-hydrogen) atoms. The molecule has 1 rings (SSSR count). The molecule has 0 spiro atoms. The highest BCUT2D eigenvalue weighted by Gasteiger charge is 2.23. The monoisotopic (exact) mass is 242 g/mol. The normalized spacial score (nSPS) is 12.8. The van der Waals surface area contributed by atoms with E-state index in [-0.39, 0.29) is 12.1 Å². The van der Waals surface area contributed by atoms with E-state index in [0.717, 1.165) is 12.2 Å². The number of aliphatic hydroxyl groups is 1. The SMILES string of the molecule is CC(C)c1nc(CN(C)C(C)(C)CO)cs1. The van der Waals surface area contributed by atoms with Crippen LogP contribution in [0.25, 0.3) is 0 Å². The van der Waals surface area contributed by atoms with Crippen LogP contribution in [-0.4, -0.2) is 34.2 Å². The van der Waals surface area contributed by atoms with E-state index in [1.165, 1.54) is 5.01 Å². The Morgan fingerprint density at radius 1 is 1.50 bits per heavy atom. The van der Waals surface area contributed by atoms with E-state index in [4.69, 9.17) is 0 Å². The van der Waals surface area contributed by atoms with E-state index < -0.39 is 0 Å². The minimum atomic E-state index is -0.193. The number of thiazole rings is 1. The van der Waals surface area contributed by atoms with Crippen LogP contribution < -0.4 is 0 Å². The molecule has 1 aromatic rings. The third-order valence-electron chi connectivity index (χ3n) is 2.88. The summed E-state index contributed by atoms with van der Waals surface area (Å²) in [4.78, 5) is 6.72. The largest absolute Gasteiger partial charge is 0.394 e. The van der Waals surface area contributed by atoms with Gasteiger partial charge in [-0.15, -0.1) is 11.3 Å². The molecule has 0 amide bonds. The van der Waals surface area contributed by atoms with Crippen molar-refractivity contribution in [3.05, 3.63) is 16.1 Å². The van der Waals surface area contributed by atoms with Gasteiger partial charge in [0.15, 0.2) is 0 Å². The van der Waals surface area contributed by atoms with E-state index in [9.17, 15) is 5.11 Å². The van der Waals surface area contributed by atoms with Crippen molar-refractivity contribution in [1.29, 1.82) is 0 Å². The molecule has 0 unspecified atom stereocenters. The van der Waals surface area contributed by atoms with Gasteiger partial charge in [0.25, 0.3) is 0 Å². The van der Waals surface area contributed by atoms with Crippen LogP contribution in [0.4, 0.5) is 0 Å². The van der Waals surface area contributed by atoms with Gasteiger partial charge in [-0.3, -0.25) is 4.90 Å². The molecule has 0 atom stereocenters. The van der Waals surface area contributed by atoms with Crippen LogP contribution in [0.2, 0.25) is 0 Å². The first kappa shape index (κ1) is 13.6. The van der Waals surface area contributed by atoms with Crippen LogP contribution in [0.15, 0.2) is 5.38 Å². The highest BCUT2D eigenvalue weighted by Crippen LogP contribution is 2.21. The predicted octanol–water partition coefficient (Wildman–Crippen LogP) is 2.47. The van der Waals surface area contributed by atoms with E-state index in [1.54, 1.807) is 11.3 Å². The second-order valence-corrected chi connectivity index (χ2v) is 6.05. The Hall–Kier alpha value is -0.450. The summed E-state index contributed by atoms with van der Waals surface area (Å²) in [6.07, 6.45) is 0. The molecule has 0 aliphatic rings. The lowest BCUT2D eigenvalue weighted by Crippen LogP contribution is -2.43. The Labute approximate surface area is 102 Å². The molecule has 0 fully saturated rings. The fourth-order valence-electron chi connectivity index (χ4n) is 1.24. The van der Waals surface area contributed by atoms with E-state index in [2.05, 4.69) is 29.1 Å². The molecule has 0 saturated carbocycles. The number of aromatic nitrogens is 1. The minimum Gasteiger partial charge on any atom is -0.394 e. The Kier molecular flexibility index (Phi) is 4.47. The van der Waals surface area contributed by atoms with Crippen molar-refractivity contribution in [2.45, 2.75) is 45.7 Å². The number of hydrogen-bond acceptors (Lipinski definition) is 4. The van der Waals surface area contributed by atoms with Gasteiger partial charge in [-0.05, 0) is 20.9 Å². The number of likely N-dealkylation sites (N-methyl/N-ethyl adjacent to an activating group) is 1. The maximum Gasteiger partial charge on any atom is 0.0954 e. The van der Waals surface area contributed by atoms with E-state index in [1.807, 2.05) is 20.9 Å². The predicted molar refractivity (Wildman–Crippen MR) is 68.8 cm³/mol. The van der Waals surface area contributed by atoms with Gasteiger partial charge in [-0.1, -0.05) is 13.8 Å². The molecule has 0 aliphatic heterocycles. The Balaban J connectivity index is 2.66. The van der Waals surface area contributed by atoms with Gasteiger partial charge in [0, 0.05) is 23.4 Å². The zero-order chi connectivity index (χ0) is 12.3. The maximum atomic E-state index is 9.28. The zero-order valence-corrected chi connectivity index (χ0v) is 11.6. The van der Waals surface area contributed by atoms with Crippen LogP contribution in [0.5, 0.6) is 0 Å². The minimum absolute atomic E-state index is 0.157. The molecule has 0 bridgehead atoms. The molecular weight excluding hydrogens is 220 g/mol. The van der Waals surface area contributed by atoms with Crippen molar-refractivity contribution < 1.29 is 5.11 Å². The fourth-order valence-corrected chi connectivity index (χ4v) is 2.06. The summed E-state index contributed by atoms with van der Waals surface area (Å²) in [6.45, 7) is 9.32. The molecule has 92 valence electrons. The second-order valence-electron chi connectivity index (χ2n) is 5.16. The lowest BCUT2D eigenvalue weighted by molar-refractivity contribution is 0.0725. The van der Waals surface area contributed by atoms with Crippen molar-refractivity contribution in [3.8, 4) is 0 Å². The standard InChI is InChI=1S/C12H22N2OS/c1-9(2)11-13-10(7-16-11)6-14(5)12(3,4)8-15/h7,9,15H,6,8H2,1-5H3. The number of hydrogen-bond donors (Lipinski definition) is 1. The van der Waals surface area contributed by atoms with Crippen molar-refractivity contribution in [2.24, 2.45) is 0 Å². The van der Waals surface area contributed by atoms with Gasteiger partial charge < -0.3 is 5.11 Å². The average Bonchev–Trinajstić information content (AvgIpc) is 2.66. The van der Waals surface area contributed by atoms with Gasteiger partial charge in [-0.25, -0.2) is 4.98 Å². The molecule has 1 N–H and O–H groups in total. The molecule has 0 radical (unpaired) electrons. The third kappa shape index (κ3) is 3.27. The summed E-state index contributed by atoms with van der Waals surface area (Å²) in [5, 5.41) is 12.6. The molecule has 0 aromatic carbocycles. The summed E-state index contributed by atoms with van der Waals surface area (Å²) in [5.74, 6) is 0.495. The van der Waals surface area contributed by atoms with E-state index >= 15 is 0 Å². The zero-order valence-electron chi connectivity index (χ0n) is 10.8. The van der Waals surface area contributed by atoms with Crippen molar-refractivity contribution in [3.63, 3.8) is 0 Å². The van der Waals surface area contributed by atoms with Crippen molar-refractivity contribution >= 4 is 11.3 Å². The quantitative estimate of drug-likeness (QED) is 0.861. The smallest absolute Gasteiger partial charge is 0.0954 e. The van der Waals surface area contributed by atoms with E-state index in [0.29, 0.717) is 5.92 Å². The molecule has 1 heterocycles. The maximum absolute atomic E-state index is 9.28. The molecule has 4 heteroatoms. The first-order valence-electron chi connectivity index (χ1n) is 5.63. The summed E-state index contributed by atoms with van der Waals surface area (Å²) in [7, 11) is 2.02. The van der Waals surface area contributed by atoms with Crippen LogP contribution in [0.3, 0.4) is 0 Å². The van der Waals surface area contributed by atoms with Gasteiger partial charge in [-0.2, -0.15) is 0 Å². The summed E-state index contributed by atoms with van der Waals surface area (Å²) >= 11 is 1.72. The molecule has 3 nitrogen and oxygen atoms in total. The topological polar surface area (TPSA) is 36.4 Å². The van der Waals surface area contributed by atoms with Crippen LogP contribution in [-0.2, 0) is 6.54 Å². The molecule has 1 aromatic heterocycles. The van der Waals surface area contributed by atoms with Crippen LogP contribution >= 0.6 is 11.3 Å².